The number of amides is 2. The van der Waals surface area contributed by atoms with Crippen molar-refractivity contribution in [3.8, 4) is 0 Å². The van der Waals surface area contributed by atoms with Crippen LogP contribution in [0.5, 0.6) is 0 Å². The van der Waals surface area contributed by atoms with Crippen LogP contribution < -0.4 is 5.73 Å². The molecule has 1 saturated heterocycles. The van der Waals surface area contributed by atoms with Crippen LogP contribution in [0, 0.1) is 105 Å². The fraction of sp³-hybridized carbons (Fsp3) is 0.871. The summed E-state index contributed by atoms with van der Waals surface area (Å²) in [4.78, 5) is 27.4. The van der Waals surface area contributed by atoms with Crippen LogP contribution in [0.2, 0.25) is 5.02 Å². The normalized spacial score (nSPS) is 46.7. The van der Waals surface area contributed by atoms with E-state index >= 15 is 0 Å². The molecule has 23 atom stereocenters. The van der Waals surface area contributed by atoms with Gasteiger partial charge in [-0.3, -0.25) is 0 Å². The summed E-state index contributed by atoms with van der Waals surface area (Å²) in [5, 5.41) is 48.5. The molecule has 10 rings (SSSR count). The molecule has 73 heavy (non-hydrogen) atoms. The predicted octanol–water partition coefficient (Wildman–Crippen LogP) is 12.8. The first-order valence-corrected chi connectivity index (χ1v) is 30.5. The van der Waals surface area contributed by atoms with E-state index in [1.807, 2.05) is 23.1 Å². The zero-order valence-corrected chi connectivity index (χ0v) is 46.5. The van der Waals surface area contributed by atoms with Crippen LogP contribution in [0.1, 0.15) is 194 Å². The second-order valence-electron chi connectivity index (χ2n) is 27.8. The van der Waals surface area contributed by atoms with E-state index in [4.69, 9.17) is 26.8 Å². The van der Waals surface area contributed by atoms with E-state index in [9.17, 15) is 30.0 Å². The Bertz CT molecular complexity index is 2110. The number of nitrogens with zero attached hydrogens (tertiary/aromatic N) is 1. The van der Waals surface area contributed by atoms with Crippen molar-refractivity contribution in [3.63, 3.8) is 0 Å². The van der Waals surface area contributed by atoms with Gasteiger partial charge in [-0.15, -0.1) is 0 Å². The number of likely N-dealkylation sites (tertiary alicyclic amines) is 1. The molecule has 8 saturated carbocycles. The number of rotatable bonds is 14. The summed E-state index contributed by atoms with van der Waals surface area (Å²) < 4.78 is 11.6. The fourth-order valence-electron chi connectivity index (χ4n) is 21.7. The van der Waals surface area contributed by atoms with E-state index < -0.39 is 12.2 Å². The van der Waals surface area contributed by atoms with Gasteiger partial charge in [0.05, 0.1) is 43.7 Å². The number of benzene rings is 1. The van der Waals surface area contributed by atoms with Gasteiger partial charge >= 0.3 is 12.2 Å². The summed E-state index contributed by atoms with van der Waals surface area (Å²) in [6.45, 7) is 16.2. The lowest BCUT2D eigenvalue weighted by Crippen LogP contribution is -2.62. The summed E-state index contributed by atoms with van der Waals surface area (Å²) in [6, 6.07) is 7.86. The molecule has 1 unspecified atom stereocenters. The van der Waals surface area contributed by atoms with Crippen LogP contribution >= 0.6 is 11.6 Å². The Morgan fingerprint density at radius 1 is 0.699 bits per heavy atom. The van der Waals surface area contributed by atoms with E-state index in [0.717, 1.165) is 140 Å². The van der Waals surface area contributed by atoms with Gasteiger partial charge in [0.1, 0.15) is 0 Å². The number of nitrogens with two attached hydrogens (primary N) is 1. The maximum absolute atomic E-state index is 13.5. The summed E-state index contributed by atoms with van der Waals surface area (Å²) >= 11 is 6.34. The third-order valence-corrected chi connectivity index (χ3v) is 25.3. The second kappa shape index (κ2) is 21.3. The molecule has 9 fully saturated rings. The van der Waals surface area contributed by atoms with Gasteiger partial charge in [-0.05, 0) is 244 Å². The third-order valence-electron chi connectivity index (χ3n) is 25.1. The maximum atomic E-state index is 13.5. The van der Waals surface area contributed by atoms with Crippen LogP contribution in [0.3, 0.4) is 0 Å². The summed E-state index contributed by atoms with van der Waals surface area (Å²) in [7, 11) is 0. The highest BCUT2D eigenvalue weighted by Crippen LogP contribution is 2.72. The number of fused-ring (bicyclic) bond motifs is 10. The second-order valence-corrected chi connectivity index (χ2v) is 28.2. The van der Waals surface area contributed by atoms with Crippen LogP contribution in [-0.4, -0.2) is 81.7 Å². The lowest BCUT2D eigenvalue weighted by molar-refractivity contribution is -0.205. The number of halogens is 1. The Morgan fingerprint density at radius 3 is 1.88 bits per heavy atom. The highest BCUT2D eigenvalue weighted by atomic mass is 35.5. The van der Waals surface area contributed by atoms with Gasteiger partial charge in [0.2, 0.25) is 0 Å². The van der Waals surface area contributed by atoms with Crippen molar-refractivity contribution in [2.24, 2.45) is 110 Å². The minimum absolute atomic E-state index is 0.00166. The lowest BCUT2D eigenvalue weighted by Gasteiger charge is -2.65. The largest absolute Gasteiger partial charge is 0.450 e. The molecular weight excluding hydrogens is 936 g/mol. The zero-order chi connectivity index (χ0) is 51.8. The van der Waals surface area contributed by atoms with Gasteiger partial charge in [0, 0.05) is 11.6 Å². The molecule has 1 aromatic rings. The topological polar surface area (TPSA) is 163 Å². The highest BCUT2D eigenvalue weighted by molar-refractivity contribution is 6.30. The summed E-state index contributed by atoms with van der Waals surface area (Å²) in [5.74, 6) is 5.01. The molecule has 10 nitrogen and oxygen atoms in total. The zero-order valence-electron chi connectivity index (χ0n) is 45.8. The van der Waals surface area contributed by atoms with E-state index in [-0.39, 0.29) is 81.7 Å². The third kappa shape index (κ3) is 9.53. The minimum Gasteiger partial charge on any atom is -0.450 e. The Balaban J connectivity index is 0.824. The van der Waals surface area contributed by atoms with Gasteiger partial charge in [-0.25, -0.2) is 9.59 Å². The van der Waals surface area contributed by atoms with E-state index in [0.29, 0.717) is 78.0 Å². The average molecular weight is 1030 g/mol. The molecule has 11 heteroatoms. The quantitative estimate of drug-likeness (QED) is 0.123. The number of hydrogen-bond acceptors (Lipinski definition) is 8. The number of aliphatic hydroxyl groups is 4. The van der Waals surface area contributed by atoms with Gasteiger partial charge < -0.3 is 40.5 Å². The highest BCUT2D eigenvalue weighted by Gasteiger charge is 2.67. The monoisotopic (exact) mass is 1030 g/mol. The van der Waals surface area contributed by atoms with Gasteiger partial charge in [0.15, 0.2) is 0 Å². The van der Waals surface area contributed by atoms with Gasteiger partial charge in [-0.2, -0.15) is 0 Å². The van der Waals surface area contributed by atoms with Crippen molar-refractivity contribution in [2.75, 3.05) is 19.8 Å². The minimum atomic E-state index is -0.714. The molecule has 1 aliphatic heterocycles. The fourth-order valence-corrected chi connectivity index (χ4v) is 21.9. The van der Waals surface area contributed by atoms with Crippen LogP contribution in [0.25, 0.3) is 0 Å². The number of hydrogen-bond donors (Lipinski definition) is 5. The number of carbonyl (C=O) groups excluding carboxylic acids is 2. The van der Waals surface area contributed by atoms with Crippen LogP contribution in [-0.2, 0) is 9.47 Å². The summed E-state index contributed by atoms with van der Waals surface area (Å²) in [6.07, 6.45) is 19.6. The average Bonchev–Trinajstić information content (AvgIpc) is 4.09. The molecule has 0 radical (unpaired) electrons. The molecule has 1 aromatic carbocycles. The van der Waals surface area contributed by atoms with Crippen molar-refractivity contribution in [1.82, 2.24) is 4.90 Å². The van der Waals surface area contributed by atoms with Gasteiger partial charge in [0.25, 0.3) is 0 Å². The maximum Gasteiger partial charge on any atom is 0.410 e. The smallest absolute Gasteiger partial charge is 0.410 e. The van der Waals surface area contributed by atoms with Crippen molar-refractivity contribution < 1.29 is 39.5 Å². The Kier molecular flexibility index (Phi) is 15.8. The molecule has 2 amide bonds. The standard InChI is InChI=1S/C62H97ClN2O8/c1-7-42-50-34-40(66)20-26-61(50,5)48-23-29-60(4)45(17-19-47(60)53(48)55(42)68)37(25-32-72-57(64)70)11-9-14-43-51-35-41(67)21-27-62(51,6)49-22-28-59(3)44(16-18-46(59)54(49)56(43)69)36(2)24-31-73-58(71)65-30-10-15-52(65)38-12-8-13-39(63)33-38/h8,12-13,33,36-37,40-56,66-69H,7,9-11,14-32,34-35H2,1-6H3,(H2,64,70)/t36-,37-,40-,41-,42-,43-,44-,45-,46+,47+,48+,49+,50+,51+,52?,53+,54+,55-,56-,59-,60-,61-,62-/m1/s1. The van der Waals surface area contributed by atoms with Crippen molar-refractivity contribution in [1.29, 1.82) is 0 Å². The molecule has 9 aliphatic rings. The summed E-state index contributed by atoms with van der Waals surface area (Å²) in [5.41, 5.74) is 7.07. The van der Waals surface area contributed by atoms with E-state index in [2.05, 4.69) is 47.6 Å². The molecule has 8 aliphatic carbocycles. The molecule has 6 N–H and O–H groups in total. The van der Waals surface area contributed by atoms with Crippen molar-refractivity contribution >= 4 is 23.8 Å². The first-order valence-electron chi connectivity index (χ1n) is 30.2. The molecule has 0 aromatic heterocycles. The molecule has 0 spiro atoms. The number of primary amides is 1. The van der Waals surface area contributed by atoms with Crippen LogP contribution in [0.15, 0.2) is 24.3 Å². The lowest BCUT2D eigenvalue weighted by atomic mass is 9.41. The molecule has 1 heterocycles. The van der Waals surface area contributed by atoms with Crippen LogP contribution in [0.4, 0.5) is 9.59 Å². The molecule has 0 bridgehead atoms. The van der Waals surface area contributed by atoms with Gasteiger partial charge in [-0.1, -0.05) is 84.5 Å². The molecule has 410 valence electrons. The Morgan fingerprint density at radius 2 is 1.26 bits per heavy atom. The van der Waals surface area contributed by atoms with E-state index in [1.54, 1.807) is 0 Å². The number of ether oxygens (including phenoxy) is 2. The number of aliphatic hydroxyl groups excluding tert-OH is 4. The van der Waals surface area contributed by atoms with Crippen molar-refractivity contribution in [2.45, 2.75) is 213 Å². The number of carbonyl (C=O) groups is 2. The Labute approximate surface area is 444 Å². The molecular formula is C62H97ClN2O8. The first kappa shape index (κ1) is 54.3. The Hall–Kier alpha value is -2.11. The first-order chi connectivity index (χ1) is 34.8. The van der Waals surface area contributed by atoms with E-state index in [1.165, 1.54) is 6.42 Å². The van der Waals surface area contributed by atoms with Crippen molar-refractivity contribution in [3.05, 3.63) is 34.9 Å². The predicted molar refractivity (Wildman–Crippen MR) is 286 cm³/mol. The SMILES string of the molecule is CC[C@H]1[C@@H](O)[C@@H]2[C@H](CC[C@]3(C)[C@@H]([C@H](CCC[C@H]4[C@@H](O)[C@@H]5[C@H](CC[C@]6(C)[C@@H]([C@H](C)CCOC(=O)N7CCCC7c7cccc(Cl)c7)CC[C@@H]56)[C@@]5(C)CC[C@@H](O)C[C@@H]45)CCOC(N)=O)CC[C@@H]23)[C@@]2(C)CC[C@@H](O)C[C@@H]12.